The Morgan fingerprint density at radius 1 is 1.11 bits per heavy atom. The van der Waals surface area contributed by atoms with Gasteiger partial charge in [-0.2, -0.15) is 0 Å². The fourth-order valence-corrected chi connectivity index (χ4v) is 5.08. The maximum Gasteiger partial charge on any atom is 0.337 e. The van der Waals surface area contributed by atoms with Crippen molar-refractivity contribution >= 4 is 23.5 Å². The lowest BCUT2D eigenvalue weighted by Gasteiger charge is -2.30. The first-order valence-corrected chi connectivity index (χ1v) is 12.8. The van der Waals surface area contributed by atoms with Gasteiger partial charge in [0, 0.05) is 22.3 Å². The lowest BCUT2D eigenvalue weighted by atomic mass is 9.84. The van der Waals surface area contributed by atoms with Crippen molar-refractivity contribution in [1.82, 2.24) is 10.3 Å². The number of nitrogens with zero attached hydrogens (tertiary/aromatic N) is 1. The zero-order valence-corrected chi connectivity index (χ0v) is 22.3. The summed E-state index contributed by atoms with van der Waals surface area (Å²) in [6.07, 6.45) is 4.63. The van der Waals surface area contributed by atoms with E-state index in [-0.39, 0.29) is 11.9 Å². The molecule has 1 fully saturated rings. The molecule has 0 saturated heterocycles. The van der Waals surface area contributed by atoms with Crippen LogP contribution in [0.3, 0.4) is 0 Å². The number of carboxylic acids is 1. The van der Waals surface area contributed by atoms with Crippen molar-refractivity contribution in [2.75, 3.05) is 0 Å². The molecule has 190 valence electrons. The highest BCUT2D eigenvalue weighted by molar-refractivity contribution is 6.30. The second kappa shape index (κ2) is 11.1. The highest BCUT2D eigenvalue weighted by Crippen LogP contribution is 2.38. The molecule has 35 heavy (non-hydrogen) atoms. The van der Waals surface area contributed by atoms with Gasteiger partial charge in [-0.15, -0.1) is 0 Å². The quantitative estimate of drug-likeness (QED) is 0.443. The van der Waals surface area contributed by atoms with Gasteiger partial charge in [0.25, 0.3) is 5.91 Å². The van der Waals surface area contributed by atoms with Crippen molar-refractivity contribution < 1.29 is 19.4 Å². The van der Waals surface area contributed by atoms with Crippen LogP contribution in [0.25, 0.3) is 11.1 Å². The molecule has 1 aromatic carbocycles. The molecule has 3 rings (SSSR count). The van der Waals surface area contributed by atoms with Gasteiger partial charge in [0.15, 0.2) is 6.10 Å². The van der Waals surface area contributed by atoms with Crippen molar-refractivity contribution in [1.29, 1.82) is 0 Å². The van der Waals surface area contributed by atoms with Crippen LogP contribution in [0.5, 0.6) is 0 Å². The number of ether oxygens (including phenoxy) is 1. The van der Waals surface area contributed by atoms with Gasteiger partial charge in [-0.1, -0.05) is 43.0 Å². The predicted molar refractivity (Wildman–Crippen MR) is 139 cm³/mol. The van der Waals surface area contributed by atoms with Gasteiger partial charge in [-0.25, -0.2) is 9.78 Å². The number of carbonyl (C=O) groups is 2. The van der Waals surface area contributed by atoms with E-state index >= 15 is 0 Å². The number of aliphatic carboxylic acids is 1. The van der Waals surface area contributed by atoms with Crippen molar-refractivity contribution in [2.24, 2.45) is 5.92 Å². The Labute approximate surface area is 213 Å². The molecule has 6 nitrogen and oxygen atoms in total. The molecule has 0 aliphatic heterocycles. The van der Waals surface area contributed by atoms with Gasteiger partial charge in [0.1, 0.15) is 5.69 Å². The summed E-state index contributed by atoms with van der Waals surface area (Å²) in [5.74, 6) is -0.891. The van der Waals surface area contributed by atoms with Gasteiger partial charge in [-0.05, 0) is 89.1 Å². The Kier molecular flexibility index (Phi) is 8.60. The lowest BCUT2D eigenvalue weighted by molar-refractivity contribution is -0.160. The van der Waals surface area contributed by atoms with E-state index < -0.39 is 17.7 Å². The number of pyridine rings is 1. The van der Waals surface area contributed by atoms with Gasteiger partial charge in [-0.3, -0.25) is 4.79 Å². The summed E-state index contributed by atoms with van der Waals surface area (Å²) in [4.78, 5) is 30.4. The second-order valence-corrected chi connectivity index (χ2v) is 11.0. The maximum absolute atomic E-state index is 13.4. The van der Waals surface area contributed by atoms with Crippen molar-refractivity contribution in [3.8, 4) is 11.1 Å². The number of rotatable bonds is 7. The van der Waals surface area contributed by atoms with Gasteiger partial charge >= 0.3 is 5.97 Å². The SMILES string of the molecule is Cc1nc(C(=O)N[C@@H](C)C2CCCCC2)c(C)c(-c2ccc(Cl)cc2)c1[C@H](OC(C)(C)C)C(=O)O. The zero-order valence-electron chi connectivity index (χ0n) is 21.6. The highest BCUT2D eigenvalue weighted by atomic mass is 35.5. The number of amides is 1. The third-order valence-electron chi connectivity index (χ3n) is 6.69. The Morgan fingerprint density at radius 3 is 2.26 bits per heavy atom. The van der Waals surface area contributed by atoms with Crippen LogP contribution in [0.1, 0.15) is 93.2 Å². The molecule has 1 amide bonds. The number of nitrogens with one attached hydrogen (secondary N) is 1. The fraction of sp³-hybridized carbons (Fsp3) is 0.536. The molecule has 2 N–H and O–H groups in total. The minimum absolute atomic E-state index is 0.0407. The standard InChI is InChI=1S/C28H37ClN2O4/c1-16-22(20-12-14-21(29)15-13-20)23(25(27(33)34)35-28(4,5)6)18(3)30-24(16)26(32)31-17(2)19-10-8-7-9-11-19/h12-15,17,19,25H,7-11H2,1-6H3,(H,31,32)(H,33,34)/t17-,25-/m0/s1. The molecule has 0 unspecified atom stereocenters. The van der Waals surface area contributed by atoms with E-state index in [4.69, 9.17) is 16.3 Å². The normalized spacial score (nSPS) is 16.5. The molecular formula is C28H37ClN2O4. The van der Waals surface area contributed by atoms with Crippen LogP contribution in [0.15, 0.2) is 24.3 Å². The summed E-state index contributed by atoms with van der Waals surface area (Å²) in [5, 5.41) is 13.8. The van der Waals surface area contributed by atoms with E-state index in [1.54, 1.807) is 19.1 Å². The smallest absolute Gasteiger partial charge is 0.337 e. The summed E-state index contributed by atoms with van der Waals surface area (Å²) in [7, 11) is 0. The molecule has 2 atom stereocenters. The Hall–Kier alpha value is -2.44. The average molecular weight is 501 g/mol. The lowest BCUT2D eigenvalue weighted by Crippen LogP contribution is -2.39. The van der Waals surface area contributed by atoms with E-state index in [1.807, 2.05) is 39.8 Å². The van der Waals surface area contributed by atoms with Crippen LogP contribution >= 0.6 is 11.6 Å². The minimum atomic E-state index is -1.25. The summed E-state index contributed by atoms with van der Waals surface area (Å²) in [6, 6.07) is 7.20. The molecule has 7 heteroatoms. The zero-order chi connectivity index (χ0) is 25.9. The van der Waals surface area contributed by atoms with Gasteiger partial charge in [0.05, 0.1) is 5.60 Å². The molecule has 1 heterocycles. The number of carbonyl (C=O) groups excluding carboxylic acids is 1. The number of aromatic nitrogens is 1. The topological polar surface area (TPSA) is 88.5 Å². The fourth-order valence-electron chi connectivity index (χ4n) is 4.96. The maximum atomic E-state index is 13.4. The predicted octanol–water partition coefficient (Wildman–Crippen LogP) is 6.66. The third-order valence-corrected chi connectivity index (χ3v) is 6.94. The molecule has 1 aliphatic rings. The summed E-state index contributed by atoms with van der Waals surface area (Å²) < 4.78 is 5.99. The summed E-state index contributed by atoms with van der Waals surface area (Å²) >= 11 is 6.13. The van der Waals surface area contributed by atoms with Gasteiger partial charge in [0.2, 0.25) is 0 Å². The number of benzene rings is 1. The van der Waals surface area contributed by atoms with Crippen LogP contribution in [0, 0.1) is 19.8 Å². The van der Waals surface area contributed by atoms with Crippen LogP contribution < -0.4 is 5.32 Å². The number of hydrogen-bond donors (Lipinski definition) is 2. The first-order valence-electron chi connectivity index (χ1n) is 12.4. The second-order valence-electron chi connectivity index (χ2n) is 10.6. The molecule has 2 aromatic rings. The largest absolute Gasteiger partial charge is 0.479 e. The number of carboxylic acid groups (broad SMARTS) is 1. The third kappa shape index (κ3) is 6.62. The van der Waals surface area contributed by atoms with Crippen LogP contribution in [-0.4, -0.2) is 33.6 Å². The van der Waals surface area contributed by atoms with E-state index in [1.165, 1.54) is 19.3 Å². The van der Waals surface area contributed by atoms with E-state index in [0.29, 0.717) is 39.0 Å². The molecule has 1 aliphatic carbocycles. The monoisotopic (exact) mass is 500 g/mol. The summed E-state index contributed by atoms with van der Waals surface area (Å²) in [5.41, 5.74) is 2.51. The highest BCUT2D eigenvalue weighted by Gasteiger charge is 2.34. The number of aryl methyl sites for hydroxylation is 1. The molecule has 1 aromatic heterocycles. The number of halogens is 1. The van der Waals surface area contributed by atoms with E-state index in [9.17, 15) is 14.7 Å². The molecular weight excluding hydrogens is 464 g/mol. The van der Waals surface area contributed by atoms with Crippen LogP contribution in [0.4, 0.5) is 0 Å². The van der Waals surface area contributed by atoms with E-state index in [0.717, 1.165) is 18.4 Å². The van der Waals surface area contributed by atoms with E-state index in [2.05, 4.69) is 17.2 Å². The Bertz CT molecular complexity index is 1070. The van der Waals surface area contributed by atoms with Crippen LogP contribution in [-0.2, 0) is 9.53 Å². The van der Waals surface area contributed by atoms with Gasteiger partial charge < -0.3 is 15.2 Å². The Morgan fingerprint density at radius 2 is 1.71 bits per heavy atom. The summed E-state index contributed by atoms with van der Waals surface area (Å²) in [6.45, 7) is 11.1. The van der Waals surface area contributed by atoms with Crippen molar-refractivity contribution in [3.63, 3.8) is 0 Å². The van der Waals surface area contributed by atoms with Crippen molar-refractivity contribution in [2.45, 2.75) is 91.4 Å². The minimum Gasteiger partial charge on any atom is -0.479 e. The molecule has 0 spiro atoms. The Balaban J connectivity index is 2.11. The first-order chi connectivity index (χ1) is 16.4. The first kappa shape index (κ1) is 27.2. The molecule has 0 radical (unpaired) electrons. The van der Waals surface area contributed by atoms with Crippen molar-refractivity contribution in [3.05, 3.63) is 51.8 Å². The molecule has 0 bridgehead atoms. The van der Waals surface area contributed by atoms with Crippen LogP contribution in [0.2, 0.25) is 5.02 Å². The number of hydrogen-bond acceptors (Lipinski definition) is 4. The average Bonchev–Trinajstić information content (AvgIpc) is 2.79. The molecule has 1 saturated carbocycles.